The Labute approximate surface area is 180 Å². The van der Waals surface area contributed by atoms with Crippen molar-refractivity contribution in [2.24, 2.45) is 0 Å². The molecule has 164 valence electrons. The molecule has 3 heterocycles. The van der Waals surface area contributed by atoms with Crippen LogP contribution in [0.3, 0.4) is 0 Å². The molecule has 1 aromatic carbocycles. The van der Waals surface area contributed by atoms with Gasteiger partial charge in [-0.15, -0.1) is 0 Å². The van der Waals surface area contributed by atoms with E-state index in [1.807, 2.05) is 0 Å². The second-order valence-electron chi connectivity index (χ2n) is 6.75. The molecule has 2 aromatic heterocycles. The lowest BCUT2D eigenvalue weighted by atomic mass is 10.2. The summed E-state index contributed by atoms with van der Waals surface area (Å²) in [6.45, 7) is 1.22. The maximum Gasteiger partial charge on any atom is 0.243 e. The van der Waals surface area contributed by atoms with E-state index < -0.39 is 20.0 Å². The predicted molar refractivity (Wildman–Crippen MR) is 111 cm³/mol. The lowest BCUT2D eigenvalue weighted by Gasteiger charge is -2.26. The predicted octanol–water partition coefficient (Wildman–Crippen LogP) is 0.767. The zero-order valence-corrected chi connectivity index (χ0v) is 18.1. The first-order chi connectivity index (χ1) is 14.9. The van der Waals surface area contributed by atoms with Crippen LogP contribution in [0.15, 0.2) is 70.8 Å². The number of hydrogen-bond donors (Lipinski definition) is 1. The van der Waals surface area contributed by atoms with Gasteiger partial charge in [-0.2, -0.15) is 9.40 Å². The molecular formula is C19H21N5O5S2. The Hall–Kier alpha value is -2.64. The number of benzene rings is 1. The van der Waals surface area contributed by atoms with E-state index in [0.717, 1.165) is 0 Å². The number of nitrogens with one attached hydrogen (secondary N) is 1. The van der Waals surface area contributed by atoms with Gasteiger partial charge in [-0.25, -0.2) is 31.2 Å². The van der Waals surface area contributed by atoms with Crippen molar-refractivity contribution < 1.29 is 21.6 Å². The quantitative estimate of drug-likeness (QED) is 0.549. The molecule has 0 atom stereocenters. The third-order valence-electron chi connectivity index (χ3n) is 4.78. The molecule has 0 spiro atoms. The van der Waals surface area contributed by atoms with E-state index >= 15 is 0 Å². The second-order valence-corrected chi connectivity index (χ2v) is 10.5. The molecule has 31 heavy (non-hydrogen) atoms. The van der Waals surface area contributed by atoms with E-state index in [1.54, 1.807) is 41.5 Å². The van der Waals surface area contributed by atoms with Crippen molar-refractivity contribution in [3.63, 3.8) is 0 Å². The molecule has 1 aliphatic heterocycles. The Morgan fingerprint density at radius 2 is 1.65 bits per heavy atom. The zero-order valence-electron chi connectivity index (χ0n) is 16.5. The molecule has 0 unspecified atom stereocenters. The smallest absolute Gasteiger partial charge is 0.243 e. The van der Waals surface area contributed by atoms with E-state index in [-0.39, 0.29) is 29.4 Å². The summed E-state index contributed by atoms with van der Waals surface area (Å²) in [4.78, 5) is 4.28. The fourth-order valence-corrected chi connectivity index (χ4v) is 5.57. The van der Waals surface area contributed by atoms with Gasteiger partial charge < -0.3 is 4.74 Å². The van der Waals surface area contributed by atoms with Crippen molar-refractivity contribution in [1.29, 1.82) is 0 Å². The summed E-state index contributed by atoms with van der Waals surface area (Å²) in [5.74, 6) is 0.516. The molecule has 0 saturated carbocycles. The molecule has 3 aromatic rings. The number of nitrogens with zero attached hydrogens (tertiary/aromatic N) is 4. The Balaban J connectivity index is 1.50. The van der Waals surface area contributed by atoms with E-state index in [9.17, 15) is 16.8 Å². The molecule has 0 bridgehead atoms. The lowest BCUT2D eigenvalue weighted by molar-refractivity contribution is 0.0730. The van der Waals surface area contributed by atoms with Crippen LogP contribution in [-0.4, -0.2) is 62.2 Å². The molecule has 4 rings (SSSR count). The minimum atomic E-state index is -3.87. The minimum Gasteiger partial charge on any atom is -0.379 e. The van der Waals surface area contributed by atoms with Gasteiger partial charge in [0.05, 0.1) is 23.0 Å². The number of aromatic nitrogens is 3. The monoisotopic (exact) mass is 463 g/mol. The SMILES string of the molecule is O=S(=O)(NCc1cccnc1-n1cccn1)c1ccc(S(=O)(=O)N2CCOCC2)cc1. The normalized spacial score (nSPS) is 15.7. The fraction of sp³-hybridized carbons (Fsp3) is 0.263. The van der Waals surface area contributed by atoms with E-state index in [2.05, 4.69) is 14.8 Å². The van der Waals surface area contributed by atoms with Crippen LogP contribution in [0.1, 0.15) is 5.56 Å². The number of rotatable bonds is 7. The van der Waals surface area contributed by atoms with Crippen molar-refractivity contribution in [1.82, 2.24) is 23.8 Å². The Morgan fingerprint density at radius 1 is 0.935 bits per heavy atom. The fourth-order valence-electron chi connectivity index (χ4n) is 3.15. The van der Waals surface area contributed by atoms with E-state index in [4.69, 9.17) is 4.74 Å². The Bertz CT molecular complexity index is 1240. The van der Waals surface area contributed by atoms with Crippen molar-refractivity contribution in [3.8, 4) is 5.82 Å². The molecule has 10 nitrogen and oxygen atoms in total. The number of morpholine rings is 1. The zero-order chi connectivity index (χ0) is 21.9. The van der Waals surface area contributed by atoms with Crippen molar-refractivity contribution in [2.45, 2.75) is 16.3 Å². The van der Waals surface area contributed by atoms with Crippen LogP contribution < -0.4 is 4.72 Å². The third kappa shape index (κ3) is 4.67. The van der Waals surface area contributed by atoms with Gasteiger partial charge >= 0.3 is 0 Å². The van der Waals surface area contributed by atoms with E-state index in [0.29, 0.717) is 24.6 Å². The lowest BCUT2D eigenvalue weighted by Crippen LogP contribution is -2.40. The summed E-state index contributed by atoms with van der Waals surface area (Å²) in [7, 11) is -7.56. The minimum absolute atomic E-state index is 0.000799. The summed E-state index contributed by atoms with van der Waals surface area (Å²) < 4.78 is 61.5. The van der Waals surface area contributed by atoms with Gasteiger partial charge in [0.1, 0.15) is 0 Å². The summed E-state index contributed by atoms with van der Waals surface area (Å²) in [5.41, 5.74) is 0.640. The molecule has 0 aliphatic carbocycles. The number of pyridine rings is 1. The van der Waals surface area contributed by atoms with Crippen LogP contribution in [0.2, 0.25) is 0 Å². The Morgan fingerprint density at radius 3 is 2.32 bits per heavy atom. The van der Waals surface area contributed by atoms with Crippen LogP contribution in [0.5, 0.6) is 0 Å². The largest absolute Gasteiger partial charge is 0.379 e. The van der Waals surface area contributed by atoms with Gasteiger partial charge in [0.25, 0.3) is 0 Å². The van der Waals surface area contributed by atoms with Crippen molar-refractivity contribution in [3.05, 3.63) is 66.6 Å². The van der Waals surface area contributed by atoms with Crippen LogP contribution >= 0.6 is 0 Å². The summed E-state index contributed by atoms with van der Waals surface area (Å²) in [6, 6.07) is 10.4. The third-order valence-corrected chi connectivity index (χ3v) is 8.11. The first-order valence-electron chi connectivity index (χ1n) is 9.49. The molecule has 1 N–H and O–H groups in total. The first kappa shape index (κ1) is 21.6. The first-order valence-corrected chi connectivity index (χ1v) is 12.4. The van der Waals surface area contributed by atoms with Crippen LogP contribution in [0, 0.1) is 0 Å². The Kier molecular flexibility index (Phi) is 6.16. The van der Waals surface area contributed by atoms with Gasteiger partial charge in [0.2, 0.25) is 20.0 Å². The number of hydrogen-bond acceptors (Lipinski definition) is 7. The van der Waals surface area contributed by atoms with Gasteiger partial charge in [0.15, 0.2) is 5.82 Å². The van der Waals surface area contributed by atoms with Crippen molar-refractivity contribution >= 4 is 20.0 Å². The highest BCUT2D eigenvalue weighted by Gasteiger charge is 2.26. The summed E-state index contributed by atoms with van der Waals surface area (Å²) in [5, 5.41) is 4.13. The average Bonchev–Trinajstić information content (AvgIpc) is 3.33. The number of sulfonamides is 2. The maximum atomic E-state index is 12.7. The van der Waals surface area contributed by atoms with Gasteiger partial charge in [0, 0.05) is 43.8 Å². The highest BCUT2D eigenvalue weighted by Crippen LogP contribution is 2.20. The molecular weight excluding hydrogens is 442 g/mol. The maximum absolute atomic E-state index is 12.7. The van der Waals surface area contributed by atoms with Crippen LogP contribution in [0.25, 0.3) is 5.82 Å². The summed E-state index contributed by atoms with van der Waals surface area (Å²) in [6.07, 6.45) is 4.92. The molecule has 1 fully saturated rings. The van der Waals surface area contributed by atoms with Crippen LogP contribution in [0.4, 0.5) is 0 Å². The standard InChI is InChI=1S/C19H21N5O5S2/c25-30(26,22-15-16-3-1-8-20-19(16)24-10-2-9-21-24)17-4-6-18(7-5-17)31(27,28)23-11-13-29-14-12-23/h1-10,22H,11-15H2. The molecule has 1 aliphatic rings. The molecule has 0 radical (unpaired) electrons. The average molecular weight is 464 g/mol. The highest BCUT2D eigenvalue weighted by molar-refractivity contribution is 7.89. The molecule has 0 amide bonds. The second kappa shape index (κ2) is 8.85. The number of ether oxygens (including phenoxy) is 1. The highest BCUT2D eigenvalue weighted by atomic mass is 32.2. The van der Waals surface area contributed by atoms with Gasteiger partial charge in [-0.05, 0) is 36.4 Å². The summed E-state index contributed by atoms with van der Waals surface area (Å²) >= 11 is 0. The van der Waals surface area contributed by atoms with E-state index in [1.165, 1.54) is 28.6 Å². The van der Waals surface area contributed by atoms with Gasteiger partial charge in [-0.1, -0.05) is 6.07 Å². The van der Waals surface area contributed by atoms with Crippen LogP contribution in [-0.2, 0) is 31.3 Å². The topological polar surface area (TPSA) is 123 Å². The van der Waals surface area contributed by atoms with Crippen molar-refractivity contribution in [2.75, 3.05) is 26.3 Å². The molecule has 1 saturated heterocycles. The van der Waals surface area contributed by atoms with Gasteiger partial charge in [-0.3, -0.25) is 0 Å². The molecule has 12 heteroatoms.